The first-order valence-electron chi connectivity index (χ1n) is 9.43. The molecule has 2 amide bonds. The highest BCUT2D eigenvalue weighted by molar-refractivity contribution is 5.90. The van der Waals surface area contributed by atoms with Gasteiger partial charge in [-0.25, -0.2) is 4.79 Å². The van der Waals surface area contributed by atoms with Crippen molar-refractivity contribution in [1.29, 1.82) is 0 Å². The molecular weight excluding hydrogens is 340 g/mol. The largest absolute Gasteiger partial charge is 0.493 e. The molecule has 27 heavy (non-hydrogen) atoms. The van der Waals surface area contributed by atoms with Crippen molar-refractivity contribution in [2.24, 2.45) is 0 Å². The Hall–Kier alpha value is -2.69. The molecule has 2 aromatic carbocycles. The number of urea groups is 1. The van der Waals surface area contributed by atoms with Gasteiger partial charge in [0.1, 0.15) is 0 Å². The maximum absolute atomic E-state index is 12.2. The van der Waals surface area contributed by atoms with E-state index >= 15 is 0 Å². The first-order valence-corrected chi connectivity index (χ1v) is 9.43. The van der Waals surface area contributed by atoms with Crippen LogP contribution < -0.4 is 20.1 Å². The number of methoxy groups -OCH3 is 2. The van der Waals surface area contributed by atoms with Crippen molar-refractivity contribution >= 4 is 11.7 Å². The second-order valence-corrected chi connectivity index (χ2v) is 6.54. The molecule has 0 saturated carbocycles. The highest BCUT2D eigenvalue weighted by Crippen LogP contribution is 2.30. The molecule has 0 spiro atoms. The maximum Gasteiger partial charge on any atom is 0.319 e. The molecule has 0 bridgehead atoms. The number of para-hydroxylation sites is 1. The first kappa shape index (κ1) is 20.6. The zero-order valence-corrected chi connectivity index (χ0v) is 16.7. The average molecular weight is 370 g/mol. The monoisotopic (exact) mass is 370 g/mol. The summed E-state index contributed by atoms with van der Waals surface area (Å²) in [5, 5.41) is 5.82. The molecule has 0 aliphatic carbocycles. The minimum Gasteiger partial charge on any atom is -0.493 e. The van der Waals surface area contributed by atoms with Gasteiger partial charge in [0.05, 0.1) is 14.2 Å². The third kappa shape index (κ3) is 5.91. The topological polar surface area (TPSA) is 59.6 Å². The SMILES string of the molecule is CCCCc1ccc(NC(=O)NCCc2cccc(OC)c2OC)c(C)c1. The summed E-state index contributed by atoms with van der Waals surface area (Å²) in [5.41, 5.74) is 4.22. The molecule has 2 N–H and O–H groups in total. The van der Waals surface area contributed by atoms with Crippen LogP contribution in [0.3, 0.4) is 0 Å². The van der Waals surface area contributed by atoms with Crippen molar-refractivity contribution in [2.45, 2.75) is 39.5 Å². The zero-order chi connectivity index (χ0) is 19.6. The van der Waals surface area contributed by atoms with Crippen LogP contribution in [0.1, 0.15) is 36.5 Å². The van der Waals surface area contributed by atoms with Crippen LogP contribution in [-0.2, 0) is 12.8 Å². The molecule has 5 nitrogen and oxygen atoms in total. The molecule has 0 radical (unpaired) electrons. The lowest BCUT2D eigenvalue weighted by Gasteiger charge is -2.14. The number of carbonyl (C=O) groups excluding carboxylic acids is 1. The first-order chi connectivity index (χ1) is 13.1. The number of rotatable bonds is 9. The van der Waals surface area contributed by atoms with E-state index < -0.39 is 0 Å². The molecule has 0 atom stereocenters. The van der Waals surface area contributed by atoms with Gasteiger partial charge in [0.25, 0.3) is 0 Å². The van der Waals surface area contributed by atoms with Crippen LogP contribution in [0.25, 0.3) is 0 Å². The van der Waals surface area contributed by atoms with Gasteiger partial charge in [0.2, 0.25) is 0 Å². The Morgan fingerprint density at radius 2 is 1.89 bits per heavy atom. The molecule has 5 heteroatoms. The lowest BCUT2D eigenvalue weighted by Crippen LogP contribution is -2.30. The van der Waals surface area contributed by atoms with Crippen LogP contribution >= 0.6 is 0 Å². The van der Waals surface area contributed by atoms with E-state index in [1.54, 1.807) is 14.2 Å². The third-order valence-corrected chi connectivity index (χ3v) is 4.52. The summed E-state index contributed by atoms with van der Waals surface area (Å²) < 4.78 is 10.7. The van der Waals surface area contributed by atoms with E-state index in [1.807, 2.05) is 31.2 Å². The van der Waals surface area contributed by atoms with Crippen molar-refractivity contribution in [3.05, 3.63) is 53.1 Å². The molecule has 2 aromatic rings. The number of hydrogen-bond acceptors (Lipinski definition) is 3. The second-order valence-electron chi connectivity index (χ2n) is 6.54. The summed E-state index contributed by atoms with van der Waals surface area (Å²) in [4.78, 5) is 12.2. The molecule has 0 fully saturated rings. The second kappa shape index (κ2) is 10.5. The fourth-order valence-corrected chi connectivity index (χ4v) is 3.03. The minimum atomic E-state index is -0.207. The van der Waals surface area contributed by atoms with Crippen LogP contribution in [-0.4, -0.2) is 26.8 Å². The van der Waals surface area contributed by atoms with E-state index in [4.69, 9.17) is 9.47 Å². The number of anilines is 1. The Bertz CT molecular complexity index is 759. The lowest BCUT2D eigenvalue weighted by atomic mass is 10.0. The van der Waals surface area contributed by atoms with Gasteiger partial charge in [0, 0.05) is 12.2 Å². The molecule has 2 rings (SSSR count). The van der Waals surface area contributed by atoms with Crippen molar-refractivity contribution in [1.82, 2.24) is 5.32 Å². The number of ether oxygens (including phenoxy) is 2. The highest BCUT2D eigenvalue weighted by Gasteiger charge is 2.10. The third-order valence-electron chi connectivity index (χ3n) is 4.52. The summed E-state index contributed by atoms with van der Waals surface area (Å²) in [5.74, 6) is 1.40. The molecule has 0 aliphatic rings. The van der Waals surface area contributed by atoms with Crippen molar-refractivity contribution < 1.29 is 14.3 Å². The predicted octanol–water partition coefficient (Wildman–Crippen LogP) is 4.72. The van der Waals surface area contributed by atoms with Gasteiger partial charge in [-0.1, -0.05) is 37.6 Å². The van der Waals surface area contributed by atoms with Crippen molar-refractivity contribution in [2.75, 3.05) is 26.1 Å². The fraction of sp³-hybridized carbons (Fsp3) is 0.409. The van der Waals surface area contributed by atoms with Gasteiger partial charge in [-0.15, -0.1) is 0 Å². The summed E-state index contributed by atoms with van der Waals surface area (Å²) >= 11 is 0. The minimum absolute atomic E-state index is 0.207. The lowest BCUT2D eigenvalue weighted by molar-refractivity contribution is 0.252. The summed E-state index contributed by atoms with van der Waals surface area (Å²) in [6, 6.07) is 11.7. The Morgan fingerprint density at radius 3 is 2.56 bits per heavy atom. The average Bonchev–Trinajstić information content (AvgIpc) is 2.67. The molecule has 0 aliphatic heterocycles. The van der Waals surface area contributed by atoms with Crippen LogP contribution in [0.5, 0.6) is 11.5 Å². The van der Waals surface area contributed by atoms with E-state index in [2.05, 4.69) is 29.7 Å². The van der Waals surface area contributed by atoms with Gasteiger partial charge in [0.15, 0.2) is 11.5 Å². The quantitative estimate of drug-likeness (QED) is 0.671. The summed E-state index contributed by atoms with van der Waals surface area (Å²) in [6.07, 6.45) is 4.09. The van der Waals surface area contributed by atoms with E-state index in [0.29, 0.717) is 24.5 Å². The fourth-order valence-electron chi connectivity index (χ4n) is 3.03. The molecule has 0 heterocycles. The van der Waals surface area contributed by atoms with E-state index in [-0.39, 0.29) is 6.03 Å². The number of amides is 2. The smallest absolute Gasteiger partial charge is 0.319 e. The molecule has 0 saturated heterocycles. The van der Waals surface area contributed by atoms with Gasteiger partial charge in [-0.2, -0.15) is 0 Å². The van der Waals surface area contributed by atoms with Crippen LogP contribution in [0, 0.1) is 6.92 Å². The Labute approximate surface area is 162 Å². The summed E-state index contributed by atoms with van der Waals surface area (Å²) in [6.45, 7) is 4.71. The van der Waals surface area contributed by atoms with Gasteiger partial charge >= 0.3 is 6.03 Å². The van der Waals surface area contributed by atoms with E-state index in [0.717, 1.165) is 23.2 Å². The summed E-state index contributed by atoms with van der Waals surface area (Å²) in [7, 11) is 3.23. The standard InChI is InChI=1S/C22H30N2O3/c1-5-6-8-17-11-12-19(16(2)15-17)24-22(25)23-14-13-18-9-7-10-20(26-3)21(18)27-4/h7,9-12,15H,5-6,8,13-14H2,1-4H3,(H2,23,24,25). The van der Waals surface area contributed by atoms with Crippen molar-refractivity contribution in [3.8, 4) is 11.5 Å². The van der Waals surface area contributed by atoms with E-state index in [1.165, 1.54) is 18.4 Å². The number of carbonyl (C=O) groups is 1. The van der Waals surface area contributed by atoms with Gasteiger partial charge in [-0.05, 0) is 55.0 Å². The highest BCUT2D eigenvalue weighted by atomic mass is 16.5. The molecule has 146 valence electrons. The Kier molecular flexibility index (Phi) is 7.99. The maximum atomic E-state index is 12.2. The van der Waals surface area contributed by atoms with Gasteiger partial charge < -0.3 is 20.1 Å². The number of aryl methyl sites for hydroxylation is 2. The zero-order valence-electron chi connectivity index (χ0n) is 16.7. The number of nitrogens with one attached hydrogen (secondary N) is 2. The number of unbranched alkanes of at least 4 members (excludes halogenated alkanes) is 1. The van der Waals surface area contributed by atoms with Crippen LogP contribution in [0.2, 0.25) is 0 Å². The van der Waals surface area contributed by atoms with Crippen molar-refractivity contribution in [3.63, 3.8) is 0 Å². The van der Waals surface area contributed by atoms with E-state index in [9.17, 15) is 4.79 Å². The normalized spacial score (nSPS) is 10.4. The van der Waals surface area contributed by atoms with Gasteiger partial charge in [-0.3, -0.25) is 0 Å². The Morgan fingerprint density at radius 1 is 1.07 bits per heavy atom. The number of hydrogen-bond donors (Lipinski definition) is 2. The molecular formula is C22H30N2O3. The Balaban J connectivity index is 1.88. The van der Waals surface area contributed by atoms with Crippen LogP contribution in [0.4, 0.5) is 10.5 Å². The number of benzene rings is 2. The van der Waals surface area contributed by atoms with Crippen LogP contribution in [0.15, 0.2) is 36.4 Å². The molecule has 0 aromatic heterocycles. The predicted molar refractivity (Wildman–Crippen MR) is 110 cm³/mol. The molecule has 0 unspecified atom stereocenters.